The van der Waals surface area contributed by atoms with E-state index in [4.69, 9.17) is 21.4 Å². The van der Waals surface area contributed by atoms with Crippen LogP contribution >= 0.6 is 11.6 Å². The third kappa shape index (κ3) is 3.26. The first-order valence-corrected chi connectivity index (χ1v) is 6.10. The van der Waals surface area contributed by atoms with Crippen LogP contribution in [0.3, 0.4) is 0 Å². The highest BCUT2D eigenvalue weighted by molar-refractivity contribution is 6.31. The molecule has 1 N–H and O–H groups in total. The Balaban J connectivity index is 1.89. The van der Waals surface area contributed by atoms with Gasteiger partial charge in [0.2, 0.25) is 0 Å². The Hall–Kier alpha value is -2.01. The number of carbonyl (C=O) groups is 1. The molecule has 0 amide bonds. The number of nitrogens with zero attached hydrogens (tertiary/aromatic N) is 2. The molecule has 0 aliphatic carbocycles. The molecule has 0 aliphatic heterocycles. The highest BCUT2D eigenvalue weighted by atomic mass is 35.5. The predicted octanol–water partition coefficient (Wildman–Crippen LogP) is 2.62. The number of carboxylic acid groups (broad SMARTS) is 1. The summed E-state index contributed by atoms with van der Waals surface area (Å²) < 4.78 is 7.27. The first-order chi connectivity index (χ1) is 9.08. The van der Waals surface area contributed by atoms with Crippen LogP contribution in [0.5, 0.6) is 5.75 Å². The van der Waals surface area contributed by atoms with Gasteiger partial charge in [-0.05, 0) is 31.2 Å². The average molecular weight is 281 g/mol. The van der Waals surface area contributed by atoms with Crippen LogP contribution < -0.4 is 4.74 Å². The van der Waals surface area contributed by atoms with Crippen molar-refractivity contribution in [3.05, 3.63) is 46.7 Å². The fourth-order valence-electron chi connectivity index (χ4n) is 1.59. The number of carboxylic acids is 1. The molecule has 5 nitrogen and oxygen atoms in total. The van der Waals surface area contributed by atoms with Crippen LogP contribution in [-0.2, 0) is 6.54 Å². The Bertz CT molecular complexity index is 578. The number of hydrogen-bond donors (Lipinski definition) is 1. The molecule has 0 saturated heterocycles. The summed E-state index contributed by atoms with van der Waals surface area (Å²) in [5.41, 5.74) is 1.13. The second-order valence-electron chi connectivity index (χ2n) is 3.98. The second-order valence-corrected chi connectivity index (χ2v) is 4.39. The van der Waals surface area contributed by atoms with Crippen molar-refractivity contribution in [3.63, 3.8) is 0 Å². The van der Waals surface area contributed by atoms with Gasteiger partial charge in [-0.2, -0.15) is 5.10 Å². The van der Waals surface area contributed by atoms with E-state index >= 15 is 0 Å². The Morgan fingerprint density at radius 2 is 2.11 bits per heavy atom. The SMILES string of the molecule is Cc1c(Cl)cnn1CCOc1ccc(C(=O)O)cc1. The number of ether oxygens (including phenoxy) is 1. The van der Waals surface area contributed by atoms with E-state index in [1.165, 1.54) is 12.1 Å². The normalized spacial score (nSPS) is 10.4. The van der Waals surface area contributed by atoms with E-state index < -0.39 is 5.97 Å². The molecule has 0 spiro atoms. The number of benzene rings is 1. The third-order valence-corrected chi connectivity index (χ3v) is 3.09. The Morgan fingerprint density at radius 1 is 1.42 bits per heavy atom. The molecule has 2 aromatic rings. The van der Waals surface area contributed by atoms with Crippen molar-refractivity contribution in [1.29, 1.82) is 0 Å². The molecule has 100 valence electrons. The Kier molecular flexibility index (Phi) is 4.06. The lowest BCUT2D eigenvalue weighted by Crippen LogP contribution is -2.10. The summed E-state index contributed by atoms with van der Waals surface area (Å²) >= 11 is 5.89. The maximum absolute atomic E-state index is 10.7. The smallest absolute Gasteiger partial charge is 0.335 e. The molecule has 1 aromatic heterocycles. The van der Waals surface area contributed by atoms with Gasteiger partial charge in [0.15, 0.2) is 0 Å². The zero-order valence-corrected chi connectivity index (χ0v) is 11.1. The van der Waals surface area contributed by atoms with Gasteiger partial charge in [0.1, 0.15) is 12.4 Å². The van der Waals surface area contributed by atoms with Gasteiger partial charge < -0.3 is 9.84 Å². The highest BCUT2D eigenvalue weighted by Gasteiger charge is 2.04. The fraction of sp³-hybridized carbons (Fsp3) is 0.231. The fourth-order valence-corrected chi connectivity index (χ4v) is 1.73. The number of aromatic carboxylic acids is 1. The minimum Gasteiger partial charge on any atom is -0.492 e. The predicted molar refractivity (Wildman–Crippen MR) is 70.9 cm³/mol. The van der Waals surface area contributed by atoms with Crippen LogP contribution in [0.25, 0.3) is 0 Å². The third-order valence-electron chi connectivity index (χ3n) is 2.72. The Labute approximate surface area is 115 Å². The molecule has 0 saturated carbocycles. The molecule has 0 fully saturated rings. The van der Waals surface area contributed by atoms with Gasteiger partial charge >= 0.3 is 5.97 Å². The van der Waals surface area contributed by atoms with Crippen LogP contribution in [0.4, 0.5) is 0 Å². The van der Waals surface area contributed by atoms with E-state index in [2.05, 4.69) is 5.10 Å². The van der Waals surface area contributed by atoms with Gasteiger partial charge in [0, 0.05) is 0 Å². The van der Waals surface area contributed by atoms with Crippen LogP contribution in [0.15, 0.2) is 30.5 Å². The first kappa shape index (κ1) is 13.4. The number of hydrogen-bond acceptors (Lipinski definition) is 3. The molecule has 0 unspecified atom stereocenters. The molecule has 6 heteroatoms. The van der Waals surface area contributed by atoms with Crippen LogP contribution in [0.2, 0.25) is 5.02 Å². The van der Waals surface area contributed by atoms with Crippen LogP contribution in [0, 0.1) is 6.92 Å². The summed E-state index contributed by atoms with van der Waals surface area (Å²) in [6.07, 6.45) is 1.60. The lowest BCUT2D eigenvalue weighted by atomic mass is 10.2. The number of halogens is 1. The topological polar surface area (TPSA) is 64.4 Å². The molecular weight excluding hydrogens is 268 g/mol. The van der Waals surface area contributed by atoms with E-state index in [1.54, 1.807) is 23.0 Å². The highest BCUT2D eigenvalue weighted by Crippen LogP contribution is 2.14. The summed E-state index contributed by atoms with van der Waals surface area (Å²) in [5, 5.41) is 13.5. The zero-order chi connectivity index (χ0) is 13.8. The van der Waals surface area contributed by atoms with E-state index in [0.717, 1.165) is 5.69 Å². The zero-order valence-electron chi connectivity index (χ0n) is 10.3. The molecule has 0 aliphatic rings. The van der Waals surface area contributed by atoms with Gasteiger partial charge in [-0.1, -0.05) is 11.6 Å². The van der Waals surface area contributed by atoms with Crippen molar-refractivity contribution < 1.29 is 14.6 Å². The van der Waals surface area contributed by atoms with Gasteiger partial charge in [0.25, 0.3) is 0 Å². The first-order valence-electron chi connectivity index (χ1n) is 5.72. The van der Waals surface area contributed by atoms with E-state index in [0.29, 0.717) is 23.9 Å². The monoisotopic (exact) mass is 280 g/mol. The van der Waals surface area contributed by atoms with Crippen molar-refractivity contribution in [2.75, 3.05) is 6.61 Å². The summed E-state index contributed by atoms with van der Waals surface area (Å²) in [6, 6.07) is 6.28. The van der Waals surface area contributed by atoms with Gasteiger partial charge in [0.05, 0.1) is 29.0 Å². The standard InChI is InChI=1S/C13H13ClN2O3/c1-9-12(14)8-15-16(9)6-7-19-11-4-2-10(3-5-11)13(17)18/h2-5,8H,6-7H2,1H3,(H,17,18). The number of rotatable bonds is 5. The molecular formula is C13H13ClN2O3. The molecule has 2 rings (SSSR count). The summed E-state index contributed by atoms with van der Waals surface area (Å²) in [4.78, 5) is 10.7. The van der Waals surface area contributed by atoms with E-state index in [1.807, 2.05) is 6.92 Å². The quantitative estimate of drug-likeness (QED) is 0.914. The van der Waals surface area contributed by atoms with Gasteiger partial charge in [-0.3, -0.25) is 4.68 Å². The molecule has 0 atom stereocenters. The minimum atomic E-state index is -0.951. The van der Waals surface area contributed by atoms with Gasteiger partial charge in [-0.15, -0.1) is 0 Å². The molecule has 19 heavy (non-hydrogen) atoms. The Morgan fingerprint density at radius 3 is 2.63 bits per heavy atom. The largest absolute Gasteiger partial charge is 0.492 e. The number of aromatic nitrogens is 2. The van der Waals surface area contributed by atoms with Crippen molar-refractivity contribution >= 4 is 17.6 Å². The van der Waals surface area contributed by atoms with Crippen LogP contribution in [0.1, 0.15) is 16.1 Å². The maximum Gasteiger partial charge on any atom is 0.335 e. The van der Waals surface area contributed by atoms with Crippen molar-refractivity contribution in [2.24, 2.45) is 0 Å². The maximum atomic E-state index is 10.7. The second kappa shape index (κ2) is 5.75. The van der Waals surface area contributed by atoms with E-state index in [9.17, 15) is 4.79 Å². The van der Waals surface area contributed by atoms with Crippen molar-refractivity contribution in [3.8, 4) is 5.75 Å². The van der Waals surface area contributed by atoms with Crippen molar-refractivity contribution in [1.82, 2.24) is 9.78 Å². The molecule has 1 heterocycles. The summed E-state index contributed by atoms with van der Waals surface area (Å²) in [5.74, 6) is -0.325. The summed E-state index contributed by atoms with van der Waals surface area (Å²) in [6.45, 7) is 2.90. The molecule has 1 aromatic carbocycles. The average Bonchev–Trinajstić information content (AvgIpc) is 2.71. The van der Waals surface area contributed by atoms with Crippen molar-refractivity contribution in [2.45, 2.75) is 13.5 Å². The molecule has 0 bridgehead atoms. The molecule has 0 radical (unpaired) electrons. The lowest BCUT2D eigenvalue weighted by Gasteiger charge is -2.07. The van der Waals surface area contributed by atoms with Crippen LogP contribution in [-0.4, -0.2) is 27.5 Å². The summed E-state index contributed by atoms with van der Waals surface area (Å²) in [7, 11) is 0. The van der Waals surface area contributed by atoms with E-state index in [-0.39, 0.29) is 5.56 Å². The minimum absolute atomic E-state index is 0.238. The van der Waals surface area contributed by atoms with Gasteiger partial charge in [-0.25, -0.2) is 4.79 Å². The lowest BCUT2D eigenvalue weighted by molar-refractivity contribution is 0.0697.